The van der Waals surface area contributed by atoms with Gasteiger partial charge in [-0.05, 0) is 56.5 Å². The largest absolute Gasteiger partial charge is 0.465 e. The Morgan fingerprint density at radius 1 is 1.29 bits per heavy atom. The summed E-state index contributed by atoms with van der Waals surface area (Å²) < 4.78 is 26.0. The van der Waals surface area contributed by atoms with Gasteiger partial charge in [-0.25, -0.2) is 19.0 Å². The minimum atomic E-state index is -1.47. The van der Waals surface area contributed by atoms with Crippen molar-refractivity contribution in [1.82, 2.24) is 20.5 Å². The number of thiazole rings is 1. The second kappa shape index (κ2) is 10.9. The van der Waals surface area contributed by atoms with Gasteiger partial charge in [-0.3, -0.25) is 15.2 Å². The predicted octanol–water partition coefficient (Wildman–Crippen LogP) is 4.36. The van der Waals surface area contributed by atoms with Crippen molar-refractivity contribution in [2.75, 3.05) is 17.2 Å². The summed E-state index contributed by atoms with van der Waals surface area (Å²) in [5.74, 6) is -0.664. The number of halogens is 2. The van der Waals surface area contributed by atoms with Gasteiger partial charge in [0.25, 0.3) is 5.91 Å². The van der Waals surface area contributed by atoms with E-state index in [1.54, 1.807) is 27.7 Å². The maximum Gasteiger partial charge on any atom is 0.409 e. The molecule has 12 nitrogen and oxygen atoms in total. The predicted molar refractivity (Wildman–Crippen MR) is 129 cm³/mol. The van der Waals surface area contributed by atoms with Crippen LogP contribution in [0.2, 0.25) is 0 Å². The third kappa shape index (κ3) is 7.11. The van der Waals surface area contributed by atoms with Crippen molar-refractivity contribution in [3.05, 3.63) is 21.0 Å². The van der Waals surface area contributed by atoms with Crippen molar-refractivity contribution in [2.24, 2.45) is 0 Å². The number of carboxylic acid groups (broad SMARTS) is 1. The van der Waals surface area contributed by atoms with Gasteiger partial charge in [0.05, 0.1) is 24.0 Å². The van der Waals surface area contributed by atoms with Crippen LogP contribution in [0.3, 0.4) is 0 Å². The van der Waals surface area contributed by atoms with Crippen molar-refractivity contribution in [3.8, 4) is 0 Å². The Bertz CT molecular complexity index is 1100. The number of nitrogens with one attached hydrogen (secondary N) is 4. The molecule has 3 atom stereocenters. The highest BCUT2D eigenvalue weighted by Crippen LogP contribution is 2.34. The fraction of sp³-hybridized carbons (Fsp3) is 0.550. The van der Waals surface area contributed by atoms with Gasteiger partial charge in [0, 0.05) is 0 Å². The van der Waals surface area contributed by atoms with Crippen LogP contribution in [0.1, 0.15) is 61.6 Å². The minimum absolute atomic E-state index is 0.0478. The lowest BCUT2D eigenvalue weighted by molar-refractivity contribution is 0.0218. The van der Waals surface area contributed by atoms with Gasteiger partial charge in [0.2, 0.25) is 0 Å². The lowest BCUT2D eigenvalue weighted by atomic mass is 10.0. The van der Waals surface area contributed by atoms with E-state index in [-0.39, 0.29) is 23.7 Å². The van der Waals surface area contributed by atoms with E-state index in [4.69, 9.17) is 14.6 Å². The van der Waals surface area contributed by atoms with E-state index in [2.05, 4.69) is 47.1 Å². The number of carbonyl (C=O) groups excluding carboxylic acids is 2. The number of hydrogen-bond donors (Lipinski definition) is 5. The van der Waals surface area contributed by atoms with E-state index in [0.717, 1.165) is 11.3 Å². The van der Waals surface area contributed by atoms with Crippen molar-refractivity contribution >= 4 is 56.0 Å². The number of aryl methyl sites for hydroxylation is 1. The Morgan fingerprint density at radius 3 is 2.66 bits per heavy atom. The van der Waals surface area contributed by atoms with Crippen LogP contribution in [0.5, 0.6) is 0 Å². The third-order valence-electron chi connectivity index (χ3n) is 4.89. The maximum absolute atomic E-state index is 14.7. The topological polar surface area (TPSA) is 168 Å². The molecule has 35 heavy (non-hydrogen) atoms. The molecule has 1 aliphatic heterocycles. The molecule has 15 heteroatoms. The summed E-state index contributed by atoms with van der Waals surface area (Å²) in [4.78, 5) is 40.1. The van der Waals surface area contributed by atoms with Crippen LogP contribution in [-0.2, 0) is 9.47 Å². The Morgan fingerprint density at radius 2 is 2.00 bits per heavy atom. The molecule has 3 rings (SSSR count). The molecule has 1 aliphatic rings. The molecule has 1 fully saturated rings. The number of aromatic amines is 1. The first-order valence-corrected chi connectivity index (χ1v) is 12.2. The van der Waals surface area contributed by atoms with Crippen LogP contribution in [0.15, 0.2) is 3.92 Å². The lowest BCUT2D eigenvalue weighted by Gasteiger charge is -2.24. The number of hydrogen-bond acceptors (Lipinski definition) is 8. The second-order valence-electron chi connectivity index (χ2n) is 8.81. The summed E-state index contributed by atoms with van der Waals surface area (Å²) in [5.41, 5.74) is 0.348. The summed E-state index contributed by atoms with van der Waals surface area (Å²) in [6.07, 6.45) is -3.64. The van der Waals surface area contributed by atoms with Crippen molar-refractivity contribution in [1.29, 1.82) is 0 Å². The first-order valence-electron chi connectivity index (χ1n) is 10.6. The Hall–Kier alpha value is -2.78. The highest BCUT2D eigenvalue weighted by molar-refractivity contribution is 9.11. The van der Waals surface area contributed by atoms with Crippen LogP contribution in [0, 0.1) is 6.92 Å². The summed E-state index contributed by atoms with van der Waals surface area (Å²) >= 11 is 4.09. The van der Waals surface area contributed by atoms with Crippen LogP contribution in [0.25, 0.3) is 0 Å². The normalized spacial score (nSPS) is 20.6. The molecule has 0 spiro atoms. The quantitative estimate of drug-likeness (QED) is 0.349. The zero-order valence-corrected chi connectivity index (χ0v) is 21.8. The molecule has 192 valence electrons. The van der Waals surface area contributed by atoms with Gasteiger partial charge in [-0.15, -0.1) is 0 Å². The summed E-state index contributed by atoms with van der Waals surface area (Å²) in [6, 6.07) is -0.815. The summed E-state index contributed by atoms with van der Waals surface area (Å²) in [6.45, 7) is 6.53. The van der Waals surface area contributed by atoms with Crippen LogP contribution in [0.4, 0.5) is 24.7 Å². The molecular weight excluding hydrogens is 551 g/mol. The number of H-pyrrole nitrogens is 1. The van der Waals surface area contributed by atoms with E-state index in [1.165, 1.54) is 0 Å². The van der Waals surface area contributed by atoms with Gasteiger partial charge < -0.3 is 25.2 Å². The number of alkyl carbamates (subject to hydrolysis) is 1. The van der Waals surface area contributed by atoms with E-state index < -0.39 is 42.0 Å². The van der Waals surface area contributed by atoms with Crippen LogP contribution < -0.4 is 16.0 Å². The average Bonchev–Trinajstić information content (AvgIpc) is 3.21. The van der Waals surface area contributed by atoms with Crippen LogP contribution >= 0.6 is 27.3 Å². The Balaban J connectivity index is 1.73. The molecule has 0 bridgehead atoms. The molecule has 0 unspecified atom stereocenters. The summed E-state index contributed by atoms with van der Waals surface area (Å²) in [5, 5.41) is 23.4. The van der Waals surface area contributed by atoms with E-state index in [9.17, 15) is 18.8 Å². The zero-order chi connectivity index (χ0) is 25.9. The molecule has 0 saturated carbocycles. The van der Waals surface area contributed by atoms with E-state index in [0.29, 0.717) is 27.4 Å². The SMILES string of the molecule is Cc1[nH]nc([C@@H]2CC[C@@H](NC(=O)OC(C)(C)C)[C@@H](F)CO2)c1NC(=O)c1nc(Br)sc1NC(=O)O. The second-order valence-corrected chi connectivity index (χ2v) is 11.1. The maximum atomic E-state index is 14.7. The van der Waals surface area contributed by atoms with E-state index in [1.807, 2.05) is 0 Å². The first-order chi connectivity index (χ1) is 16.3. The number of carbonyl (C=O) groups is 3. The molecule has 0 aliphatic carbocycles. The van der Waals surface area contributed by atoms with Gasteiger partial charge in [0.15, 0.2) is 9.61 Å². The fourth-order valence-corrected chi connectivity index (χ4v) is 4.74. The fourth-order valence-electron chi connectivity index (χ4n) is 3.40. The molecule has 2 aromatic heterocycles. The van der Waals surface area contributed by atoms with Crippen molar-refractivity contribution in [3.63, 3.8) is 0 Å². The molecule has 1 saturated heterocycles. The Kier molecular flexibility index (Phi) is 8.33. The number of ether oxygens (including phenoxy) is 2. The zero-order valence-electron chi connectivity index (χ0n) is 19.4. The number of aromatic nitrogens is 3. The third-order valence-corrected chi connectivity index (χ3v) is 6.31. The van der Waals surface area contributed by atoms with Crippen molar-refractivity contribution in [2.45, 2.75) is 64.5 Å². The smallest absolute Gasteiger partial charge is 0.409 e. The molecule has 5 N–H and O–H groups in total. The molecule has 3 amide bonds. The molecule has 0 radical (unpaired) electrons. The highest BCUT2D eigenvalue weighted by atomic mass is 79.9. The van der Waals surface area contributed by atoms with Gasteiger partial charge >= 0.3 is 12.2 Å². The Labute approximate surface area is 212 Å². The number of alkyl halides is 1. The standard InChI is InChI=1S/C20H26BrFN6O6S/c1-8-12(24-15(29)14-16(26-18(30)31)35-17(21)25-14)13(28-27-8)11-6-5-10(9(22)7-33-11)23-19(32)34-20(2,3)4/h9-11,26H,5-7H2,1-4H3,(H,23,32)(H,24,29)(H,27,28)(H,30,31)/t9-,10+,11-/m0/s1. The van der Waals surface area contributed by atoms with Gasteiger partial charge in [-0.2, -0.15) is 5.10 Å². The van der Waals surface area contributed by atoms with Crippen LogP contribution in [-0.4, -0.2) is 62.8 Å². The minimum Gasteiger partial charge on any atom is -0.465 e. The number of nitrogens with zero attached hydrogens (tertiary/aromatic N) is 2. The number of anilines is 2. The van der Waals surface area contributed by atoms with Crippen molar-refractivity contribution < 1.29 is 33.4 Å². The molecule has 2 aromatic rings. The van der Waals surface area contributed by atoms with Gasteiger partial charge in [0.1, 0.15) is 28.6 Å². The lowest BCUT2D eigenvalue weighted by Crippen LogP contribution is -2.44. The first kappa shape index (κ1) is 26.8. The average molecular weight is 577 g/mol. The molecular formula is C20H26BrFN6O6S. The monoisotopic (exact) mass is 576 g/mol. The highest BCUT2D eigenvalue weighted by Gasteiger charge is 2.33. The molecule has 3 heterocycles. The summed E-state index contributed by atoms with van der Waals surface area (Å²) in [7, 11) is 0. The number of rotatable bonds is 5. The van der Waals surface area contributed by atoms with E-state index >= 15 is 0 Å². The number of amides is 3. The van der Waals surface area contributed by atoms with Gasteiger partial charge in [-0.1, -0.05) is 11.3 Å². The molecule has 0 aromatic carbocycles.